The molecular weight excluding hydrogens is 993 g/mol. The number of amides is 8. The number of methoxy groups -OCH3 is 2. The second-order valence-corrected chi connectivity index (χ2v) is 22.7. The minimum atomic E-state index is -1.46. The van der Waals surface area contributed by atoms with Crippen LogP contribution in [0, 0.1) is 29.1 Å². The molecule has 3 N–H and O–H groups in total. The maximum Gasteiger partial charge on any atom is 0.348 e. The zero-order valence-corrected chi connectivity index (χ0v) is 47.3. The maximum absolute atomic E-state index is 14.8. The average Bonchev–Trinajstić information content (AvgIpc) is 4.30. The topological polar surface area (TPSA) is 243 Å². The molecule has 1 aromatic carbocycles. The number of likely N-dealkylation sites (N-methyl/N-ethyl adjacent to an activating group) is 2. The molecule has 428 valence electrons. The Bertz CT molecular complexity index is 2270. The Morgan fingerprint density at radius 2 is 1.53 bits per heavy atom. The van der Waals surface area contributed by atoms with Crippen molar-refractivity contribution in [2.75, 3.05) is 61.1 Å². The summed E-state index contributed by atoms with van der Waals surface area (Å²) in [5.41, 5.74) is -1.68. The molecule has 0 bridgehead atoms. The summed E-state index contributed by atoms with van der Waals surface area (Å²) in [5.74, 6) is -5.84. The highest BCUT2D eigenvalue weighted by Gasteiger charge is 2.64. The first kappa shape index (κ1) is 60.7. The highest BCUT2D eigenvalue weighted by Crippen LogP contribution is 2.53. The SMILES string of the molecule is CCC(C)C(C(CC(=O)N1CCC[C@H]1C(OC)C(C)C(=O)N[C@@]1(C(=O)N2CCCCO2)C[C@@H]1c1ccccc1)OC)N(C)C(=O)C(NC(=O)C(C(C)C)N(C)CCCNC(=O)C1(C(=O)ON2C(=O)CCC2=O)CC1)C(C)C. The first-order valence-corrected chi connectivity index (χ1v) is 27.9. The summed E-state index contributed by atoms with van der Waals surface area (Å²) in [5, 5.41) is 10.8. The molecule has 8 amide bonds. The van der Waals surface area contributed by atoms with Crippen molar-refractivity contribution in [1.29, 1.82) is 0 Å². The molecule has 2 aliphatic carbocycles. The smallest absolute Gasteiger partial charge is 0.348 e. The van der Waals surface area contributed by atoms with E-state index in [0.717, 1.165) is 18.4 Å². The predicted octanol–water partition coefficient (Wildman–Crippen LogP) is 3.49. The van der Waals surface area contributed by atoms with Crippen LogP contribution < -0.4 is 16.0 Å². The summed E-state index contributed by atoms with van der Waals surface area (Å²) in [6, 6.07) is 7.06. The Morgan fingerprint density at radius 3 is 2.10 bits per heavy atom. The van der Waals surface area contributed by atoms with Crippen LogP contribution in [0.5, 0.6) is 0 Å². The van der Waals surface area contributed by atoms with Crippen LogP contribution in [0.3, 0.4) is 0 Å². The first-order chi connectivity index (χ1) is 36.6. The van der Waals surface area contributed by atoms with Crippen LogP contribution >= 0.6 is 0 Å². The average molecular weight is 1080 g/mol. The van der Waals surface area contributed by atoms with Crippen molar-refractivity contribution in [2.45, 2.75) is 173 Å². The van der Waals surface area contributed by atoms with Crippen LogP contribution in [0.25, 0.3) is 0 Å². The third kappa shape index (κ3) is 13.7. The Kier molecular flexibility index (Phi) is 20.8. The van der Waals surface area contributed by atoms with Crippen LogP contribution in [-0.2, 0) is 62.3 Å². The van der Waals surface area contributed by atoms with E-state index < -0.39 is 76.9 Å². The fourth-order valence-electron chi connectivity index (χ4n) is 11.7. The van der Waals surface area contributed by atoms with Gasteiger partial charge in [0.05, 0.1) is 49.3 Å². The molecule has 3 saturated heterocycles. The van der Waals surface area contributed by atoms with Gasteiger partial charge in [0.15, 0.2) is 0 Å². The van der Waals surface area contributed by atoms with Crippen molar-refractivity contribution >= 4 is 53.2 Å². The molecule has 10 atom stereocenters. The lowest BCUT2D eigenvalue weighted by Crippen LogP contribution is -2.60. The number of ether oxygens (including phenoxy) is 2. The third-order valence-corrected chi connectivity index (χ3v) is 16.7. The number of carbonyl (C=O) groups excluding carboxylic acids is 9. The summed E-state index contributed by atoms with van der Waals surface area (Å²) in [7, 11) is 6.54. The number of benzene rings is 1. The van der Waals surface area contributed by atoms with E-state index in [2.05, 4.69) is 16.0 Å². The van der Waals surface area contributed by atoms with E-state index in [1.165, 1.54) is 19.3 Å². The van der Waals surface area contributed by atoms with Gasteiger partial charge in [-0.25, -0.2) is 9.86 Å². The van der Waals surface area contributed by atoms with Crippen molar-refractivity contribution in [3.63, 3.8) is 0 Å². The quantitative estimate of drug-likeness (QED) is 0.0650. The van der Waals surface area contributed by atoms with Crippen LogP contribution in [0.2, 0.25) is 0 Å². The second kappa shape index (κ2) is 26.4. The minimum Gasteiger partial charge on any atom is -0.379 e. The van der Waals surface area contributed by atoms with E-state index >= 15 is 0 Å². The fraction of sp³-hybridized carbons (Fsp3) is 0.732. The largest absolute Gasteiger partial charge is 0.379 e. The van der Waals surface area contributed by atoms with Gasteiger partial charge in [0.2, 0.25) is 29.5 Å². The van der Waals surface area contributed by atoms with Crippen molar-refractivity contribution < 1.29 is 62.3 Å². The molecule has 21 nitrogen and oxygen atoms in total. The monoisotopic (exact) mass is 1080 g/mol. The Hall–Kier alpha value is -5.51. The number of likely N-dealkylation sites (tertiary alicyclic amines) is 1. The van der Waals surface area contributed by atoms with Crippen molar-refractivity contribution in [3.05, 3.63) is 35.9 Å². The molecule has 5 fully saturated rings. The van der Waals surface area contributed by atoms with Crippen LogP contribution in [0.4, 0.5) is 0 Å². The Morgan fingerprint density at radius 1 is 0.857 bits per heavy atom. The van der Waals surface area contributed by atoms with Crippen molar-refractivity contribution in [3.8, 4) is 0 Å². The molecule has 0 aromatic heterocycles. The lowest BCUT2D eigenvalue weighted by atomic mass is 9.89. The molecule has 2 saturated carbocycles. The maximum atomic E-state index is 14.8. The van der Waals surface area contributed by atoms with Gasteiger partial charge in [0, 0.05) is 66.2 Å². The van der Waals surface area contributed by atoms with Gasteiger partial charge < -0.3 is 40.1 Å². The fourth-order valence-corrected chi connectivity index (χ4v) is 11.7. The number of hydrogen-bond donors (Lipinski definition) is 3. The number of nitrogens with zero attached hydrogens (tertiary/aromatic N) is 5. The number of hydroxylamine groups is 4. The number of imide groups is 1. The standard InChI is InChI=1S/C56H86N8O13/c1-12-36(6)47(61(9)51(70)45(34(2)3)58-50(69)46(35(4)5)60(8)28-19-27-57-52(71)55(25-26-55)54(73)77-64-42(65)23-24-43(64)66)41(74-10)32-44(67)62-29-18-22-40(62)48(75-11)37(7)49(68)59-56(53(72)63-30-16-17-31-76-63)33-39(56)38-20-14-13-15-21-38/h13-15,20-21,34-37,39-41,45-48H,12,16-19,22-33H2,1-11H3,(H,57,71)(H,58,69)(H,59,68)/t36?,37?,39-,40+,41?,45?,46?,47?,48?,56+/m1/s1. The van der Waals surface area contributed by atoms with Gasteiger partial charge in [-0.05, 0) is 81.7 Å². The van der Waals surface area contributed by atoms with E-state index in [-0.39, 0.29) is 91.9 Å². The molecule has 3 aliphatic heterocycles. The summed E-state index contributed by atoms with van der Waals surface area (Å²) < 4.78 is 12.2. The van der Waals surface area contributed by atoms with Gasteiger partial charge in [-0.15, -0.1) is 5.06 Å². The van der Waals surface area contributed by atoms with E-state index in [1.807, 2.05) is 76.8 Å². The van der Waals surface area contributed by atoms with Gasteiger partial charge >= 0.3 is 5.97 Å². The van der Waals surface area contributed by atoms with Crippen molar-refractivity contribution in [1.82, 2.24) is 40.8 Å². The number of hydrogen-bond acceptors (Lipinski definition) is 14. The van der Waals surface area contributed by atoms with Gasteiger partial charge in [0.1, 0.15) is 17.0 Å². The van der Waals surface area contributed by atoms with Gasteiger partial charge in [0.25, 0.3) is 17.7 Å². The van der Waals surface area contributed by atoms with E-state index in [0.29, 0.717) is 63.4 Å². The molecule has 0 radical (unpaired) electrons. The molecule has 3 heterocycles. The molecule has 77 heavy (non-hydrogen) atoms. The number of carbonyl (C=O) groups is 9. The van der Waals surface area contributed by atoms with Crippen molar-refractivity contribution in [2.24, 2.45) is 29.1 Å². The molecular formula is C56H86N8O13. The van der Waals surface area contributed by atoms with Crippen LogP contribution in [0.1, 0.15) is 137 Å². The Labute approximate surface area is 454 Å². The van der Waals surface area contributed by atoms with E-state index in [9.17, 15) is 43.2 Å². The summed E-state index contributed by atoms with van der Waals surface area (Å²) in [4.78, 5) is 138. The van der Waals surface area contributed by atoms with E-state index in [4.69, 9.17) is 19.1 Å². The van der Waals surface area contributed by atoms with Crippen LogP contribution in [-0.4, -0.2) is 181 Å². The molecule has 21 heteroatoms. The molecule has 7 unspecified atom stereocenters. The summed E-state index contributed by atoms with van der Waals surface area (Å²) >= 11 is 0. The number of nitrogens with one attached hydrogen (secondary N) is 3. The normalized spacial score (nSPS) is 23.7. The molecule has 0 spiro atoms. The molecule has 6 rings (SSSR count). The zero-order chi connectivity index (χ0) is 56.5. The zero-order valence-electron chi connectivity index (χ0n) is 47.3. The molecule has 1 aromatic rings. The minimum absolute atomic E-state index is 0.0548. The third-order valence-electron chi connectivity index (χ3n) is 16.7. The second-order valence-electron chi connectivity index (χ2n) is 22.7. The predicted molar refractivity (Wildman–Crippen MR) is 282 cm³/mol. The number of rotatable bonds is 27. The first-order valence-electron chi connectivity index (χ1n) is 27.9. The summed E-state index contributed by atoms with van der Waals surface area (Å²) in [6.07, 6.45) is 3.30. The lowest BCUT2D eigenvalue weighted by Gasteiger charge is -2.41. The molecule has 5 aliphatic rings. The highest BCUT2D eigenvalue weighted by atomic mass is 16.7. The van der Waals surface area contributed by atoms with Crippen LogP contribution in [0.15, 0.2) is 30.3 Å². The highest BCUT2D eigenvalue weighted by molar-refractivity contribution is 6.07. The van der Waals surface area contributed by atoms with Gasteiger partial charge in [-0.3, -0.25) is 48.1 Å². The van der Waals surface area contributed by atoms with Gasteiger partial charge in [-0.2, -0.15) is 0 Å². The van der Waals surface area contributed by atoms with Gasteiger partial charge in [-0.1, -0.05) is 85.2 Å². The summed E-state index contributed by atoms with van der Waals surface area (Å²) in [6.45, 7) is 15.2. The Balaban J connectivity index is 1.07. The van der Waals surface area contributed by atoms with E-state index in [1.54, 1.807) is 30.8 Å². The lowest BCUT2D eigenvalue weighted by molar-refractivity contribution is -0.202.